The van der Waals surface area contributed by atoms with Gasteiger partial charge < -0.3 is 10.5 Å². The lowest BCUT2D eigenvalue weighted by molar-refractivity contribution is 0.323. The molecule has 0 unspecified atom stereocenters. The summed E-state index contributed by atoms with van der Waals surface area (Å²) in [5.74, 6) is 0.647. The van der Waals surface area contributed by atoms with Gasteiger partial charge in [0, 0.05) is 12.2 Å². The number of benzene rings is 2. The van der Waals surface area contributed by atoms with E-state index < -0.39 is 10.0 Å². The lowest BCUT2D eigenvalue weighted by Gasteiger charge is -2.08. The molecule has 0 aliphatic heterocycles. The smallest absolute Gasteiger partial charge is 0.215 e. The van der Waals surface area contributed by atoms with Crippen LogP contribution >= 0.6 is 0 Å². The van der Waals surface area contributed by atoms with Crippen LogP contribution in [0.1, 0.15) is 5.56 Å². The fraction of sp³-hybridized carbons (Fsp3) is 0.200. The van der Waals surface area contributed by atoms with Crippen molar-refractivity contribution in [1.29, 1.82) is 0 Å². The summed E-state index contributed by atoms with van der Waals surface area (Å²) >= 11 is 0. The molecule has 2 aromatic rings. The first-order chi connectivity index (χ1) is 10.1. The first-order valence-electron chi connectivity index (χ1n) is 6.55. The van der Waals surface area contributed by atoms with Crippen LogP contribution in [0.5, 0.6) is 5.75 Å². The fourth-order valence-corrected chi connectivity index (χ4v) is 2.89. The van der Waals surface area contributed by atoms with Crippen molar-refractivity contribution in [3.8, 4) is 5.75 Å². The molecule has 0 aromatic heterocycles. The average molecular weight is 306 g/mol. The summed E-state index contributed by atoms with van der Waals surface area (Å²) in [5, 5.41) is 0. The number of rotatable bonds is 7. The number of nitrogen functional groups attached to an aromatic ring is 1. The summed E-state index contributed by atoms with van der Waals surface area (Å²) in [5.41, 5.74) is 6.87. The summed E-state index contributed by atoms with van der Waals surface area (Å²) in [6.07, 6.45) is 0. The summed E-state index contributed by atoms with van der Waals surface area (Å²) < 4.78 is 31.7. The van der Waals surface area contributed by atoms with Crippen LogP contribution in [-0.4, -0.2) is 21.6 Å². The molecule has 0 aliphatic rings. The van der Waals surface area contributed by atoms with E-state index in [1.54, 1.807) is 24.3 Å². The molecule has 112 valence electrons. The lowest BCUT2D eigenvalue weighted by atomic mass is 10.2. The molecular formula is C15H18N2O3S. The molecule has 3 N–H and O–H groups in total. The highest BCUT2D eigenvalue weighted by Gasteiger charge is 2.10. The van der Waals surface area contributed by atoms with Crippen molar-refractivity contribution in [2.45, 2.75) is 5.75 Å². The standard InChI is InChI=1S/C15H18N2O3S/c16-14-8-6-13(7-9-14)12-21(18,19)17-10-11-20-15-4-2-1-3-5-15/h1-9,17H,10-12,16H2. The number of sulfonamides is 1. The Balaban J connectivity index is 1.77. The molecule has 0 bridgehead atoms. The van der Waals surface area contributed by atoms with Crippen molar-refractivity contribution in [2.24, 2.45) is 0 Å². The second kappa shape index (κ2) is 7.10. The molecule has 0 aliphatic carbocycles. The molecule has 6 heteroatoms. The Morgan fingerprint density at radius 2 is 1.67 bits per heavy atom. The van der Waals surface area contributed by atoms with Crippen LogP contribution in [0, 0.1) is 0 Å². The first kappa shape index (κ1) is 15.3. The lowest BCUT2D eigenvalue weighted by Crippen LogP contribution is -2.29. The van der Waals surface area contributed by atoms with Crippen molar-refractivity contribution >= 4 is 15.7 Å². The predicted molar refractivity (Wildman–Crippen MR) is 83.4 cm³/mol. The molecule has 0 atom stereocenters. The second-order valence-corrected chi connectivity index (χ2v) is 6.36. The fourth-order valence-electron chi connectivity index (χ4n) is 1.77. The SMILES string of the molecule is Nc1ccc(CS(=O)(=O)NCCOc2ccccc2)cc1. The summed E-state index contributed by atoms with van der Waals surface area (Å²) in [6, 6.07) is 16.0. The van der Waals surface area contributed by atoms with Crippen LogP contribution in [0.4, 0.5) is 5.69 Å². The number of hydrogen-bond donors (Lipinski definition) is 2. The van der Waals surface area contributed by atoms with E-state index in [1.807, 2.05) is 30.3 Å². The molecule has 5 nitrogen and oxygen atoms in total. The van der Waals surface area contributed by atoms with Crippen molar-refractivity contribution in [3.63, 3.8) is 0 Å². The van der Waals surface area contributed by atoms with Gasteiger partial charge in [-0.1, -0.05) is 30.3 Å². The maximum atomic E-state index is 11.9. The zero-order chi connectivity index (χ0) is 15.1. The Kier molecular flexibility index (Phi) is 5.19. The number of hydrogen-bond acceptors (Lipinski definition) is 4. The maximum Gasteiger partial charge on any atom is 0.215 e. The molecule has 0 spiro atoms. The van der Waals surface area contributed by atoms with E-state index in [0.29, 0.717) is 11.3 Å². The second-order valence-electron chi connectivity index (χ2n) is 4.56. The molecule has 0 heterocycles. The third-order valence-corrected chi connectivity index (χ3v) is 4.13. The van der Waals surface area contributed by atoms with Crippen LogP contribution in [0.2, 0.25) is 0 Å². The van der Waals surface area contributed by atoms with E-state index >= 15 is 0 Å². The van der Waals surface area contributed by atoms with E-state index in [1.165, 1.54) is 0 Å². The summed E-state index contributed by atoms with van der Waals surface area (Å²) in [4.78, 5) is 0. The Hall–Kier alpha value is -2.05. The summed E-state index contributed by atoms with van der Waals surface area (Å²) in [6.45, 7) is 0.511. The molecule has 21 heavy (non-hydrogen) atoms. The third kappa shape index (κ3) is 5.45. The molecular weight excluding hydrogens is 288 g/mol. The maximum absolute atomic E-state index is 11.9. The van der Waals surface area contributed by atoms with E-state index in [9.17, 15) is 8.42 Å². The Labute approximate surface area is 124 Å². The number of nitrogens with one attached hydrogen (secondary N) is 1. The molecule has 0 fully saturated rings. The van der Waals surface area contributed by atoms with Crippen LogP contribution in [0.3, 0.4) is 0 Å². The van der Waals surface area contributed by atoms with E-state index in [0.717, 1.165) is 5.75 Å². The number of para-hydroxylation sites is 1. The molecule has 2 aromatic carbocycles. The van der Waals surface area contributed by atoms with Crippen LogP contribution in [-0.2, 0) is 15.8 Å². The topological polar surface area (TPSA) is 81.4 Å². The number of ether oxygens (including phenoxy) is 1. The van der Waals surface area contributed by atoms with Gasteiger partial charge in [-0.05, 0) is 29.8 Å². The number of nitrogens with two attached hydrogens (primary N) is 1. The van der Waals surface area contributed by atoms with Crippen LogP contribution in [0.25, 0.3) is 0 Å². The predicted octanol–water partition coefficient (Wildman–Crippen LogP) is 1.77. The molecule has 0 saturated heterocycles. The Morgan fingerprint density at radius 1 is 1.00 bits per heavy atom. The van der Waals surface area contributed by atoms with Crippen molar-refractivity contribution in [1.82, 2.24) is 4.72 Å². The van der Waals surface area contributed by atoms with Gasteiger partial charge in [0.05, 0.1) is 5.75 Å². The minimum atomic E-state index is -3.37. The monoisotopic (exact) mass is 306 g/mol. The van der Waals surface area contributed by atoms with E-state index in [-0.39, 0.29) is 18.9 Å². The van der Waals surface area contributed by atoms with E-state index in [2.05, 4.69) is 4.72 Å². The highest BCUT2D eigenvalue weighted by atomic mass is 32.2. The Bertz CT molecular complexity index is 655. The first-order valence-corrected chi connectivity index (χ1v) is 8.20. The molecule has 0 amide bonds. The van der Waals surface area contributed by atoms with Gasteiger partial charge in [-0.3, -0.25) is 0 Å². The van der Waals surface area contributed by atoms with Crippen molar-refractivity contribution < 1.29 is 13.2 Å². The average Bonchev–Trinajstić information content (AvgIpc) is 2.47. The van der Waals surface area contributed by atoms with Gasteiger partial charge in [0.15, 0.2) is 0 Å². The highest BCUT2D eigenvalue weighted by molar-refractivity contribution is 7.88. The highest BCUT2D eigenvalue weighted by Crippen LogP contribution is 2.09. The minimum absolute atomic E-state index is 0.0708. The van der Waals surface area contributed by atoms with Gasteiger partial charge in [-0.15, -0.1) is 0 Å². The zero-order valence-electron chi connectivity index (χ0n) is 11.5. The summed E-state index contributed by atoms with van der Waals surface area (Å²) in [7, 11) is -3.37. The molecule has 0 saturated carbocycles. The third-order valence-electron chi connectivity index (χ3n) is 2.77. The van der Waals surface area contributed by atoms with Gasteiger partial charge in [0.1, 0.15) is 12.4 Å². The van der Waals surface area contributed by atoms with Gasteiger partial charge in [-0.25, -0.2) is 13.1 Å². The van der Waals surface area contributed by atoms with E-state index in [4.69, 9.17) is 10.5 Å². The largest absolute Gasteiger partial charge is 0.492 e. The van der Waals surface area contributed by atoms with Crippen LogP contribution < -0.4 is 15.2 Å². The Morgan fingerprint density at radius 3 is 2.33 bits per heavy atom. The van der Waals surface area contributed by atoms with Crippen molar-refractivity contribution in [3.05, 3.63) is 60.2 Å². The van der Waals surface area contributed by atoms with Crippen LogP contribution in [0.15, 0.2) is 54.6 Å². The molecule has 0 radical (unpaired) electrons. The van der Waals surface area contributed by atoms with Gasteiger partial charge in [0.25, 0.3) is 0 Å². The van der Waals surface area contributed by atoms with Gasteiger partial charge in [-0.2, -0.15) is 0 Å². The number of anilines is 1. The van der Waals surface area contributed by atoms with Crippen molar-refractivity contribution in [2.75, 3.05) is 18.9 Å². The molecule has 2 rings (SSSR count). The zero-order valence-corrected chi connectivity index (χ0v) is 12.3. The quantitative estimate of drug-likeness (QED) is 0.603. The normalized spacial score (nSPS) is 11.2. The minimum Gasteiger partial charge on any atom is -0.492 e. The van der Waals surface area contributed by atoms with Gasteiger partial charge >= 0.3 is 0 Å². The van der Waals surface area contributed by atoms with Gasteiger partial charge in [0.2, 0.25) is 10.0 Å².